The van der Waals surface area contributed by atoms with Gasteiger partial charge in [-0.05, 0) is 42.7 Å². The maximum absolute atomic E-state index is 11.4. The molecular weight excluding hydrogens is 260 g/mol. The second-order valence-corrected chi connectivity index (χ2v) is 6.52. The predicted octanol–water partition coefficient (Wildman–Crippen LogP) is 3.08. The van der Waals surface area contributed by atoms with Crippen molar-refractivity contribution < 1.29 is 14.6 Å². The van der Waals surface area contributed by atoms with Crippen LogP contribution in [0.5, 0.6) is 5.75 Å². The van der Waals surface area contributed by atoms with Crippen molar-refractivity contribution in [1.82, 2.24) is 0 Å². The van der Waals surface area contributed by atoms with Crippen LogP contribution in [0.1, 0.15) is 31.2 Å². The van der Waals surface area contributed by atoms with Crippen LogP contribution in [-0.2, 0) is 10.2 Å². The minimum Gasteiger partial charge on any atom is -0.490 e. The van der Waals surface area contributed by atoms with Crippen molar-refractivity contribution >= 4 is 17.7 Å². The lowest BCUT2D eigenvalue weighted by molar-refractivity contribution is -0.147. The van der Waals surface area contributed by atoms with Crippen LogP contribution in [0.3, 0.4) is 0 Å². The molecule has 1 saturated heterocycles. The zero-order chi connectivity index (χ0) is 13.3. The molecule has 1 atom stereocenters. The molecule has 1 aromatic carbocycles. The number of hydrogen-bond acceptors (Lipinski definition) is 3. The number of carboxylic acid groups (broad SMARTS) is 1. The molecule has 1 unspecified atom stereocenters. The van der Waals surface area contributed by atoms with Gasteiger partial charge in [-0.25, -0.2) is 0 Å². The van der Waals surface area contributed by atoms with E-state index in [1.54, 1.807) is 0 Å². The van der Waals surface area contributed by atoms with E-state index in [1.165, 1.54) is 5.75 Å². The SMILES string of the molecule is O=C(O)C1(c2ccc(OC3CCSC3)cc2)CCC1. The number of benzene rings is 1. The maximum atomic E-state index is 11.4. The average molecular weight is 278 g/mol. The van der Waals surface area contributed by atoms with Gasteiger partial charge in [0.05, 0.1) is 5.41 Å². The van der Waals surface area contributed by atoms with E-state index in [0.29, 0.717) is 6.10 Å². The second kappa shape index (κ2) is 5.08. The van der Waals surface area contributed by atoms with Gasteiger partial charge in [-0.1, -0.05) is 18.6 Å². The van der Waals surface area contributed by atoms with Crippen molar-refractivity contribution in [1.29, 1.82) is 0 Å². The third kappa shape index (κ3) is 2.34. The number of thioether (sulfide) groups is 1. The highest BCUT2D eigenvalue weighted by molar-refractivity contribution is 7.99. The molecule has 0 radical (unpaired) electrons. The zero-order valence-corrected chi connectivity index (χ0v) is 11.6. The molecule has 0 amide bonds. The van der Waals surface area contributed by atoms with Crippen LogP contribution in [-0.4, -0.2) is 28.7 Å². The molecule has 2 aliphatic rings. The minimum absolute atomic E-state index is 0.313. The molecule has 1 aromatic rings. The first-order valence-corrected chi connectivity index (χ1v) is 7.94. The first-order valence-electron chi connectivity index (χ1n) is 6.79. The Kier molecular flexibility index (Phi) is 3.44. The Morgan fingerprint density at radius 1 is 1.32 bits per heavy atom. The highest BCUT2D eigenvalue weighted by atomic mass is 32.2. The molecular formula is C15H18O3S. The normalized spacial score (nSPS) is 24.7. The highest BCUT2D eigenvalue weighted by Gasteiger charge is 2.45. The maximum Gasteiger partial charge on any atom is 0.314 e. The molecule has 3 nitrogen and oxygen atoms in total. The molecule has 1 heterocycles. The summed E-state index contributed by atoms with van der Waals surface area (Å²) in [4.78, 5) is 11.4. The average Bonchev–Trinajstić information content (AvgIpc) is 2.82. The van der Waals surface area contributed by atoms with E-state index < -0.39 is 11.4 Å². The molecule has 102 valence electrons. The number of rotatable bonds is 4. The van der Waals surface area contributed by atoms with E-state index in [4.69, 9.17) is 4.74 Å². The Morgan fingerprint density at radius 3 is 2.53 bits per heavy atom. The van der Waals surface area contributed by atoms with Crippen LogP contribution in [0.4, 0.5) is 0 Å². The van der Waals surface area contributed by atoms with Crippen LogP contribution >= 0.6 is 11.8 Å². The predicted molar refractivity (Wildman–Crippen MR) is 76.0 cm³/mol. The highest BCUT2D eigenvalue weighted by Crippen LogP contribution is 2.44. The summed E-state index contributed by atoms with van der Waals surface area (Å²) < 4.78 is 5.89. The van der Waals surface area contributed by atoms with Crippen molar-refractivity contribution in [2.75, 3.05) is 11.5 Å². The third-order valence-electron chi connectivity index (χ3n) is 4.21. The van der Waals surface area contributed by atoms with Gasteiger partial charge >= 0.3 is 5.97 Å². The van der Waals surface area contributed by atoms with Crippen molar-refractivity contribution in [3.63, 3.8) is 0 Å². The Morgan fingerprint density at radius 2 is 2.05 bits per heavy atom. The fourth-order valence-corrected chi connectivity index (χ4v) is 3.90. The van der Waals surface area contributed by atoms with Crippen molar-refractivity contribution in [2.45, 2.75) is 37.2 Å². The molecule has 1 aliphatic heterocycles. The lowest BCUT2D eigenvalue weighted by Crippen LogP contribution is -2.42. The van der Waals surface area contributed by atoms with Gasteiger partial charge in [-0.3, -0.25) is 4.79 Å². The number of ether oxygens (including phenoxy) is 1. The monoisotopic (exact) mass is 278 g/mol. The summed E-state index contributed by atoms with van der Waals surface area (Å²) >= 11 is 1.92. The third-order valence-corrected chi connectivity index (χ3v) is 5.35. The summed E-state index contributed by atoms with van der Waals surface area (Å²) in [5.41, 5.74) is 0.279. The van der Waals surface area contributed by atoms with Crippen molar-refractivity contribution in [3.8, 4) is 5.75 Å². The van der Waals surface area contributed by atoms with E-state index in [0.717, 1.165) is 42.7 Å². The van der Waals surface area contributed by atoms with Crippen LogP contribution in [0.15, 0.2) is 24.3 Å². The topological polar surface area (TPSA) is 46.5 Å². The van der Waals surface area contributed by atoms with Gasteiger partial charge in [0.2, 0.25) is 0 Å². The standard InChI is InChI=1S/C15H18O3S/c16-14(17)15(7-1-8-15)11-2-4-12(5-3-11)18-13-6-9-19-10-13/h2-5,13H,1,6-10H2,(H,16,17). The van der Waals surface area contributed by atoms with Gasteiger partial charge in [-0.15, -0.1) is 0 Å². The number of carbonyl (C=O) groups is 1. The Hall–Kier alpha value is -1.16. The van der Waals surface area contributed by atoms with E-state index in [-0.39, 0.29) is 0 Å². The molecule has 0 spiro atoms. The summed E-state index contributed by atoms with van der Waals surface area (Å²) in [6, 6.07) is 7.68. The number of aliphatic carboxylic acids is 1. The largest absolute Gasteiger partial charge is 0.490 e. The molecule has 19 heavy (non-hydrogen) atoms. The van der Waals surface area contributed by atoms with E-state index in [2.05, 4.69) is 0 Å². The lowest BCUT2D eigenvalue weighted by atomic mass is 9.64. The van der Waals surface area contributed by atoms with Gasteiger partial charge in [0.25, 0.3) is 0 Å². The summed E-state index contributed by atoms with van der Waals surface area (Å²) in [7, 11) is 0. The molecule has 4 heteroatoms. The summed E-state index contributed by atoms with van der Waals surface area (Å²) in [5, 5.41) is 9.40. The van der Waals surface area contributed by atoms with Gasteiger partial charge < -0.3 is 9.84 Å². The Labute approximate surface area is 117 Å². The first kappa shape index (κ1) is 12.9. The molecule has 0 bridgehead atoms. The summed E-state index contributed by atoms with van der Waals surface area (Å²) in [6.07, 6.45) is 3.92. The minimum atomic E-state index is -0.695. The smallest absolute Gasteiger partial charge is 0.314 e. The van der Waals surface area contributed by atoms with E-state index in [1.807, 2.05) is 36.0 Å². The Balaban J connectivity index is 1.73. The molecule has 2 fully saturated rings. The van der Waals surface area contributed by atoms with E-state index in [9.17, 15) is 9.90 Å². The molecule has 0 aromatic heterocycles. The van der Waals surface area contributed by atoms with E-state index >= 15 is 0 Å². The molecule has 1 saturated carbocycles. The van der Waals surface area contributed by atoms with Gasteiger partial charge in [-0.2, -0.15) is 11.8 Å². The lowest BCUT2D eigenvalue weighted by Gasteiger charge is -2.38. The molecule has 1 N–H and O–H groups in total. The Bertz CT molecular complexity index is 459. The fraction of sp³-hybridized carbons (Fsp3) is 0.533. The quantitative estimate of drug-likeness (QED) is 0.919. The van der Waals surface area contributed by atoms with Crippen molar-refractivity contribution in [2.24, 2.45) is 0 Å². The fourth-order valence-electron chi connectivity index (χ4n) is 2.81. The van der Waals surface area contributed by atoms with Crippen molar-refractivity contribution in [3.05, 3.63) is 29.8 Å². The van der Waals surface area contributed by atoms with Crippen LogP contribution in [0, 0.1) is 0 Å². The molecule has 1 aliphatic carbocycles. The molecule has 3 rings (SSSR count). The zero-order valence-electron chi connectivity index (χ0n) is 10.8. The second-order valence-electron chi connectivity index (χ2n) is 5.37. The van der Waals surface area contributed by atoms with Gasteiger partial charge in [0, 0.05) is 5.75 Å². The van der Waals surface area contributed by atoms with Crippen LogP contribution in [0.2, 0.25) is 0 Å². The number of carboxylic acids is 1. The van der Waals surface area contributed by atoms with Crippen LogP contribution < -0.4 is 4.74 Å². The van der Waals surface area contributed by atoms with Crippen LogP contribution in [0.25, 0.3) is 0 Å². The number of hydrogen-bond donors (Lipinski definition) is 1. The van der Waals surface area contributed by atoms with Gasteiger partial charge in [0.15, 0.2) is 0 Å². The summed E-state index contributed by atoms with van der Waals surface area (Å²) in [6.45, 7) is 0. The van der Waals surface area contributed by atoms with Gasteiger partial charge in [0.1, 0.15) is 11.9 Å². The summed E-state index contributed by atoms with van der Waals surface area (Å²) in [5.74, 6) is 2.39. The first-order chi connectivity index (χ1) is 9.21.